The topological polar surface area (TPSA) is 84.1 Å². The van der Waals surface area contributed by atoms with E-state index in [0.717, 1.165) is 70.1 Å². The van der Waals surface area contributed by atoms with Gasteiger partial charge in [0.1, 0.15) is 11.1 Å². The van der Waals surface area contributed by atoms with Gasteiger partial charge in [0.15, 0.2) is 0 Å². The van der Waals surface area contributed by atoms with Crippen molar-refractivity contribution in [1.29, 1.82) is 0 Å². The molecule has 0 atom stereocenters. The van der Waals surface area contributed by atoms with Crippen molar-refractivity contribution in [2.75, 3.05) is 18.0 Å². The summed E-state index contributed by atoms with van der Waals surface area (Å²) in [4.78, 5) is 32.7. The molecule has 1 aromatic heterocycles. The van der Waals surface area contributed by atoms with Crippen molar-refractivity contribution < 1.29 is 13.9 Å². The number of hydrogen-bond acceptors (Lipinski definition) is 6. The summed E-state index contributed by atoms with van der Waals surface area (Å²) in [6.45, 7) is 5.87. The molecule has 2 aliphatic rings. The molecule has 1 aromatic carbocycles. The van der Waals surface area contributed by atoms with E-state index in [4.69, 9.17) is 14.1 Å². The van der Waals surface area contributed by atoms with Crippen molar-refractivity contribution in [1.82, 2.24) is 5.32 Å². The number of nitrogens with zero attached hydrogens (tertiary/aromatic N) is 2. The molecule has 2 fully saturated rings. The number of benzene rings is 1. The highest BCUT2D eigenvalue weighted by Gasteiger charge is 2.23. The molecule has 2 aromatic rings. The van der Waals surface area contributed by atoms with Gasteiger partial charge in [0, 0.05) is 36.3 Å². The first-order valence-corrected chi connectivity index (χ1v) is 13.0. The van der Waals surface area contributed by atoms with Gasteiger partial charge in [0.25, 0.3) is 6.02 Å². The minimum atomic E-state index is -0.721. The summed E-state index contributed by atoms with van der Waals surface area (Å²) in [7, 11) is 0. The van der Waals surface area contributed by atoms with Gasteiger partial charge in [-0.3, -0.25) is 0 Å². The molecular formula is C27H37N3O4. The fourth-order valence-electron chi connectivity index (χ4n) is 5.06. The number of hydrogen-bond donors (Lipinski definition) is 1. The summed E-state index contributed by atoms with van der Waals surface area (Å²) < 4.78 is 11.2. The van der Waals surface area contributed by atoms with E-state index in [2.05, 4.69) is 24.1 Å². The smallest absolute Gasteiger partial charge is 0.353 e. The summed E-state index contributed by atoms with van der Waals surface area (Å²) in [6.07, 6.45) is 11.1. The lowest BCUT2D eigenvalue weighted by Crippen LogP contribution is -2.40. The van der Waals surface area contributed by atoms with Crippen LogP contribution >= 0.6 is 0 Å². The quantitative estimate of drug-likeness (QED) is 0.265. The minimum Gasteiger partial charge on any atom is -0.422 e. The first-order valence-electron chi connectivity index (χ1n) is 13.0. The zero-order valence-electron chi connectivity index (χ0n) is 20.5. The zero-order valence-corrected chi connectivity index (χ0v) is 20.5. The van der Waals surface area contributed by atoms with Gasteiger partial charge < -0.3 is 19.4 Å². The molecule has 2 saturated carbocycles. The molecule has 1 N–H and O–H groups in total. The van der Waals surface area contributed by atoms with Gasteiger partial charge in [-0.25, -0.2) is 14.6 Å². The Hall–Kier alpha value is -2.83. The van der Waals surface area contributed by atoms with Crippen LogP contribution in [0.2, 0.25) is 0 Å². The predicted molar refractivity (Wildman–Crippen MR) is 136 cm³/mol. The van der Waals surface area contributed by atoms with Crippen LogP contribution < -0.4 is 15.8 Å². The summed E-state index contributed by atoms with van der Waals surface area (Å²) in [6, 6.07) is 7.91. The maximum atomic E-state index is 13.1. The Bertz CT molecular complexity index is 1060. The number of anilines is 1. The molecule has 184 valence electrons. The molecule has 34 heavy (non-hydrogen) atoms. The number of ether oxygens (including phenoxy) is 1. The Morgan fingerprint density at radius 3 is 2.38 bits per heavy atom. The molecule has 0 amide bonds. The van der Waals surface area contributed by atoms with E-state index in [-0.39, 0.29) is 23.7 Å². The summed E-state index contributed by atoms with van der Waals surface area (Å²) in [5.41, 5.74) is 0.644. The summed E-state index contributed by atoms with van der Waals surface area (Å²) in [5.74, 6) is -0.721. The molecule has 1 heterocycles. The van der Waals surface area contributed by atoms with Crippen LogP contribution in [0.4, 0.5) is 5.69 Å². The van der Waals surface area contributed by atoms with Gasteiger partial charge in [-0.15, -0.1) is 0 Å². The fourth-order valence-corrected chi connectivity index (χ4v) is 5.06. The van der Waals surface area contributed by atoms with E-state index in [1.165, 1.54) is 12.8 Å². The Morgan fingerprint density at radius 1 is 1.03 bits per heavy atom. The van der Waals surface area contributed by atoms with E-state index < -0.39 is 11.6 Å². The van der Waals surface area contributed by atoms with Gasteiger partial charge in [0.2, 0.25) is 0 Å². The molecule has 0 spiro atoms. The Labute approximate surface area is 201 Å². The standard InChI is InChI=1S/C27H37N3O4/c1-3-30(4-2)22-16-15-19-17-23(25(31)33-24(19)18-22)26(32)34-27(28-20-11-7-5-8-12-20)29-21-13-9-6-10-14-21/h15-18,20-21H,3-14H2,1-2H3,(H,28,29). The number of fused-ring (bicyclic) bond motifs is 1. The molecule has 0 unspecified atom stereocenters. The van der Waals surface area contributed by atoms with E-state index in [1.54, 1.807) is 6.07 Å². The van der Waals surface area contributed by atoms with Crippen LogP contribution in [0.3, 0.4) is 0 Å². The lowest BCUT2D eigenvalue weighted by atomic mass is 9.95. The number of carbonyl (C=O) groups is 1. The van der Waals surface area contributed by atoms with Crippen LogP contribution in [0.15, 0.2) is 38.5 Å². The second kappa shape index (κ2) is 11.5. The van der Waals surface area contributed by atoms with Gasteiger partial charge in [-0.2, -0.15) is 0 Å². The van der Waals surface area contributed by atoms with Gasteiger partial charge in [-0.05, 0) is 57.7 Å². The lowest BCUT2D eigenvalue weighted by Gasteiger charge is -2.25. The molecule has 0 aliphatic heterocycles. The Kier molecular flexibility index (Phi) is 8.25. The minimum absolute atomic E-state index is 0.107. The van der Waals surface area contributed by atoms with Crippen molar-refractivity contribution in [3.8, 4) is 0 Å². The number of rotatable bonds is 6. The van der Waals surface area contributed by atoms with Crippen LogP contribution in [-0.4, -0.2) is 37.2 Å². The zero-order chi connectivity index (χ0) is 23.9. The maximum absolute atomic E-state index is 13.1. The van der Waals surface area contributed by atoms with E-state index in [0.29, 0.717) is 11.0 Å². The van der Waals surface area contributed by atoms with E-state index >= 15 is 0 Å². The van der Waals surface area contributed by atoms with Crippen LogP contribution in [0.25, 0.3) is 11.0 Å². The highest BCUT2D eigenvalue weighted by Crippen LogP contribution is 2.23. The second-order valence-electron chi connectivity index (χ2n) is 9.44. The van der Waals surface area contributed by atoms with Crippen LogP contribution in [0.1, 0.15) is 88.4 Å². The van der Waals surface area contributed by atoms with Crippen LogP contribution in [-0.2, 0) is 4.74 Å². The lowest BCUT2D eigenvalue weighted by molar-refractivity contribution is 0.0699. The van der Waals surface area contributed by atoms with E-state index in [1.807, 2.05) is 18.2 Å². The molecular weight excluding hydrogens is 430 g/mol. The molecule has 7 nitrogen and oxygen atoms in total. The first kappa shape index (κ1) is 24.3. The molecule has 7 heteroatoms. The fraction of sp³-hybridized carbons (Fsp3) is 0.593. The molecule has 0 saturated heterocycles. The van der Waals surface area contributed by atoms with Gasteiger partial charge in [0.05, 0.1) is 6.04 Å². The molecule has 4 rings (SSSR count). The van der Waals surface area contributed by atoms with Crippen molar-refractivity contribution in [3.63, 3.8) is 0 Å². The predicted octanol–water partition coefficient (Wildman–Crippen LogP) is 5.41. The highest BCUT2D eigenvalue weighted by molar-refractivity contribution is 5.99. The highest BCUT2D eigenvalue weighted by atomic mass is 16.6. The van der Waals surface area contributed by atoms with Crippen molar-refractivity contribution in [3.05, 3.63) is 40.2 Å². The summed E-state index contributed by atoms with van der Waals surface area (Å²) in [5, 5.41) is 4.05. The number of esters is 1. The molecule has 2 aliphatic carbocycles. The Balaban J connectivity index is 1.56. The SMILES string of the molecule is CCN(CC)c1ccc2cc(C(=O)OC(=NC3CCCCC3)NC3CCCCC3)c(=O)oc2c1. The number of amidine groups is 1. The normalized spacial score (nSPS) is 18.1. The number of nitrogens with one attached hydrogen (secondary N) is 1. The summed E-state index contributed by atoms with van der Waals surface area (Å²) >= 11 is 0. The third-order valence-corrected chi connectivity index (χ3v) is 7.06. The first-order chi connectivity index (χ1) is 16.6. The third kappa shape index (κ3) is 5.99. The van der Waals surface area contributed by atoms with Crippen molar-refractivity contribution >= 4 is 28.6 Å². The van der Waals surface area contributed by atoms with Crippen molar-refractivity contribution in [2.24, 2.45) is 4.99 Å². The molecule has 0 bridgehead atoms. The van der Waals surface area contributed by atoms with Gasteiger partial charge in [-0.1, -0.05) is 38.5 Å². The second-order valence-corrected chi connectivity index (χ2v) is 9.44. The largest absolute Gasteiger partial charge is 0.422 e. The number of carbonyl (C=O) groups excluding carboxylic acids is 1. The maximum Gasteiger partial charge on any atom is 0.353 e. The average molecular weight is 468 g/mol. The Morgan fingerprint density at radius 2 is 1.71 bits per heavy atom. The average Bonchev–Trinajstić information content (AvgIpc) is 2.85. The van der Waals surface area contributed by atoms with E-state index in [9.17, 15) is 9.59 Å². The molecule has 0 radical (unpaired) electrons. The van der Waals surface area contributed by atoms with Gasteiger partial charge >= 0.3 is 11.6 Å². The number of aliphatic imine (C=N–C) groups is 1. The van der Waals surface area contributed by atoms with Crippen LogP contribution in [0, 0.1) is 0 Å². The van der Waals surface area contributed by atoms with Crippen LogP contribution in [0.5, 0.6) is 0 Å². The monoisotopic (exact) mass is 467 g/mol. The third-order valence-electron chi connectivity index (χ3n) is 7.06. The van der Waals surface area contributed by atoms with Crippen molar-refractivity contribution in [2.45, 2.75) is 90.1 Å².